The molecule has 0 aliphatic rings. The first-order chi connectivity index (χ1) is 38.5. The summed E-state index contributed by atoms with van der Waals surface area (Å²) in [5.41, 5.74) is 0. The van der Waals surface area contributed by atoms with Crippen molar-refractivity contribution in [1.82, 2.24) is 0 Å². The normalized spacial score (nSPS) is 12.3. The number of allylic oxidation sites excluding steroid dienone is 8. The third kappa shape index (κ3) is 64.2. The molecule has 0 radical (unpaired) electrons. The van der Waals surface area contributed by atoms with E-state index in [1.807, 2.05) is 0 Å². The molecule has 78 heavy (non-hydrogen) atoms. The van der Waals surface area contributed by atoms with Crippen molar-refractivity contribution >= 4 is 17.9 Å². The molecule has 0 aromatic rings. The van der Waals surface area contributed by atoms with Gasteiger partial charge in [0.25, 0.3) is 0 Å². The van der Waals surface area contributed by atoms with Crippen molar-refractivity contribution < 1.29 is 28.6 Å². The van der Waals surface area contributed by atoms with Gasteiger partial charge in [-0.1, -0.05) is 320 Å². The molecular weight excluding hydrogens is 961 g/mol. The third-order valence-corrected chi connectivity index (χ3v) is 15.6. The molecule has 6 nitrogen and oxygen atoms in total. The summed E-state index contributed by atoms with van der Waals surface area (Å²) in [6, 6.07) is 0. The topological polar surface area (TPSA) is 78.9 Å². The van der Waals surface area contributed by atoms with Crippen LogP contribution in [0.25, 0.3) is 0 Å². The van der Waals surface area contributed by atoms with Crippen LogP contribution in [0.1, 0.15) is 374 Å². The highest BCUT2D eigenvalue weighted by molar-refractivity contribution is 5.71. The Bertz CT molecular complexity index is 1350. The van der Waals surface area contributed by atoms with E-state index in [2.05, 4.69) is 69.4 Å². The number of unbranched alkanes of at least 4 members (excludes halogenated alkanes) is 45. The van der Waals surface area contributed by atoms with Crippen molar-refractivity contribution in [3.8, 4) is 0 Å². The van der Waals surface area contributed by atoms with Crippen molar-refractivity contribution in [3.05, 3.63) is 48.6 Å². The SMILES string of the molecule is CCCCC/C=C\C/C=C\CCCCCCCCCCCC(=O)OC(COC(=O)CCCCCCC/C=C\C/C=C\CCCCCC)COC(=O)CCCCCCCCCCCCCCCCCCCCCCCCCCC. The van der Waals surface area contributed by atoms with Crippen molar-refractivity contribution in [2.24, 2.45) is 0 Å². The van der Waals surface area contributed by atoms with E-state index in [1.54, 1.807) is 0 Å². The standard InChI is InChI=1S/C72H132O6/c1-4-7-10-13-16-19-22-25-28-31-33-34-35-36-37-38-40-41-44-47-50-53-56-59-62-65-71(74)77-68-69(67-76-70(73)64-61-58-55-52-49-46-43-30-27-24-21-18-15-12-9-6-3)78-72(75)66-63-60-57-54-51-48-45-42-39-32-29-26-23-20-17-14-11-8-5-2/h17,20-21,24,26,29-30,43,69H,4-16,18-19,22-23,25,27-28,31-42,44-68H2,1-3H3/b20-17-,24-21-,29-26-,43-30-. The largest absolute Gasteiger partial charge is 0.462 e. The van der Waals surface area contributed by atoms with Crippen LogP contribution in [0.15, 0.2) is 48.6 Å². The van der Waals surface area contributed by atoms with Crippen LogP contribution in [0.4, 0.5) is 0 Å². The molecule has 1 atom stereocenters. The lowest BCUT2D eigenvalue weighted by molar-refractivity contribution is -0.167. The van der Waals surface area contributed by atoms with Crippen LogP contribution >= 0.6 is 0 Å². The Kier molecular flexibility index (Phi) is 64.6. The molecule has 0 spiro atoms. The number of esters is 3. The van der Waals surface area contributed by atoms with Gasteiger partial charge in [-0.2, -0.15) is 0 Å². The average molecular weight is 1090 g/mol. The number of hydrogen-bond donors (Lipinski definition) is 0. The maximum Gasteiger partial charge on any atom is 0.306 e. The summed E-state index contributed by atoms with van der Waals surface area (Å²) in [5.74, 6) is -0.869. The van der Waals surface area contributed by atoms with Gasteiger partial charge in [0.1, 0.15) is 13.2 Å². The van der Waals surface area contributed by atoms with Gasteiger partial charge in [0.05, 0.1) is 0 Å². The highest BCUT2D eigenvalue weighted by atomic mass is 16.6. The second kappa shape index (κ2) is 66.9. The first-order valence-electron chi connectivity index (χ1n) is 34.6. The molecule has 0 bridgehead atoms. The fraction of sp³-hybridized carbons (Fsp3) is 0.847. The summed E-state index contributed by atoms with van der Waals surface area (Å²) >= 11 is 0. The zero-order valence-electron chi connectivity index (χ0n) is 52.5. The van der Waals surface area contributed by atoms with Crippen LogP contribution in [0.5, 0.6) is 0 Å². The molecule has 456 valence electrons. The Labute approximate surface area is 486 Å². The van der Waals surface area contributed by atoms with Gasteiger partial charge < -0.3 is 14.2 Å². The van der Waals surface area contributed by atoms with E-state index < -0.39 is 6.10 Å². The molecule has 0 aromatic heterocycles. The quantitative estimate of drug-likeness (QED) is 0.0261. The van der Waals surface area contributed by atoms with Gasteiger partial charge in [0.15, 0.2) is 6.10 Å². The highest BCUT2D eigenvalue weighted by Gasteiger charge is 2.19. The van der Waals surface area contributed by atoms with E-state index in [9.17, 15) is 14.4 Å². The Hall–Kier alpha value is -2.63. The van der Waals surface area contributed by atoms with Crippen LogP contribution in [-0.4, -0.2) is 37.2 Å². The minimum Gasteiger partial charge on any atom is -0.462 e. The number of hydrogen-bond acceptors (Lipinski definition) is 6. The minimum atomic E-state index is -0.781. The molecule has 0 N–H and O–H groups in total. The van der Waals surface area contributed by atoms with Crippen LogP contribution in [0.3, 0.4) is 0 Å². The van der Waals surface area contributed by atoms with E-state index in [1.165, 1.54) is 250 Å². The maximum atomic E-state index is 12.9. The second-order valence-electron chi connectivity index (χ2n) is 23.4. The summed E-state index contributed by atoms with van der Waals surface area (Å²) in [6.07, 6.45) is 84.2. The zero-order chi connectivity index (χ0) is 56.4. The summed E-state index contributed by atoms with van der Waals surface area (Å²) in [5, 5.41) is 0. The molecule has 0 amide bonds. The number of ether oxygens (including phenoxy) is 3. The van der Waals surface area contributed by atoms with Crippen molar-refractivity contribution in [2.75, 3.05) is 13.2 Å². The minimum absolute atomic E-state index is 0.0755. The molecule has 0 saturated heterocycles. The first-order valence-corrected chi connectivity index (χ1v) is 34.6. The molecule has 0 aromatic carbocycles. The summed E-state index contributed by atoms with van der Waals surface area (Å²) < 4.78 is 17.0. The number of carbonyl (C=O) groups is 3. The smallest absolute Gasteiger partial charge is 0.306 e. The van der Waals surface area contributed by atoms with Crippen LogP contribution in [0, 0.1) is 0 Å². The Morgan fingerprint density at radius 2 is 0.462 bits per heavy atom. The maximum absolute atomic E-state index is 12.9. The Morgan fingerprint density at radius 1 is 0.256 bits per heavy atom. The molecule has 0 fully saturated rings. The van der Waals surface area contributed by atoms with E-state index in [4.69, 9.17) is 14.2 Å². The van der Waals surface area contributed by atoms with Gasteiger partial charge in [-0.05, 0) is 83.5 Å². The van der Waals surface area contributed by atoms with Crippen molar-refractivity contribution in [3.63, 3.8) is 0 Å². The molecule has 0 aliphatic heterocycles. The van der Waals surface area contributed by atoms with Crippen LogP contribution in [0.2, 0.25) is 0 Å². The predicted molar refractivity (Wildman–Crippen MR) is 339 cm³/mol. The third-order valence-electron chi connectivity index (χ3n) is 15.6. The van der Waals surface area contributed by atoms with Gasteiger partial charge in [-0.15, -0.1) is 0 Å². The average Bonchev–Trinajstić information content (AvgIpc) is 3.44. The van der Waals surface area contributed by atoms with Crippen LogP contribution < -0.4 is 0 Å². The predicted octanol–water partition coefficient (Wildman–Crippen LogP) is 23.7. The summed E-state index contributed by atoms with van der Waals surface area (Å²) in [4.78, 5) is 38.4. The van der Waals surface area contributed by atoms with Gasteiger partial charge >= 0.3 is 17.9 Å². The molecule has 0 aliphatic carbocycles. The zero-order valence-corrected chi connectivity index (χ0v) is 52.5. The van der Waals surface area contributed by atoms with Gasteiger partial charge in [0, 0.05) is 19.3 Å². The number of carbonyl (C=O) groups excluding carboxylic acids is 3. The molecule has 0 rings (SSSR count). The van der Waals surface area contributed by atoms with E-state index in [-0.39, 0.29) is 31.1 Å². The second-order valence-corrected chi connectivity index (χ2v) is 23.4. The van der Waals surface area contributed by atoms with Gasteiger partial charge in [-0.25, -0.2) is 0 Å². The monoisotopic (exact) mass is 1090 g/mol. The summed E-state index contributed by atoms with van der Waals surface area (Å²) in [6.45, 7) is 6.65. The van der Waals surface area contributed by atoms with E-state index in [0.717, 1.165) is 83.5 Å². The lowest BCUT2D eigenvalue weighted by Gasteiger charge is -2.18. The number of rotatable bonds is 64. The highest BCUT2D eigenvalue weighted by Crippen LogP contribution is 2.18. The van der Waals surface area contributed by atoms with Gasteiger partial charge in [0.2, 0.25) is 0 Å². The van der Waals surface area contributed by atoms with Crippen molar-refractivity contribution in [1.29, 1.82) is 0 Å². The van der Waals surface area contributed by atoms with E-state index in [0.29, 0.717) is 19.3 Å². The van der Waals surface area contributed by atoms with Crippen LogP contribution in [-0.2, 0) is 28.6 Å². The van der Waals surface area contributed by atoms with Crippen molar-refractivity contribution in [2.45, 2.75) is 380 Å². The lowest BCUT2D eigenvalue weighted by Crippen LogP contribution is -2.30. The molecule has 6 heteroatoms. The molecule has 0 heterocycles. The summed E-state index contributed by atoms with van der Waals surface area (Å²) in [7, 11) is 0. The Morgan fingerprint density at radius 3 is 0.744 bits per heavy atom. The van der Waals surface area contributed by atoms with E-state index >= 15 is 0 Å². The fourth-order valence-electron chi connectivity index (χ4n) is 10.3. The molecular formula is C72H132O6. The van der Waals surface area contributed by atoms with Gasteiger partial charge in [-0.3, -0.25) is 14.4 Å². The first kappa shape index (κ1) is 75.4. The molecule has 0 saturated carbocycles. The lowest BCUT2D eigenvalue weighted by atomic mass is 10.0. The Balaban J connectivity index is 4.29. The fourth-order valence-corrected chi connectivity index (χ4v) is 10.3. The molecule has 1 unspecified atom stereocenters.